The highest BCUT2D eigenvalue weighted by Crippen LogP contribution is 2.51. The molecule has 0 spiro atoms. The average molecular weight is 210 g/mol. The van der Waals surface area contributed by atoms with Crippen molar-refractivity contribution in [2.45, 2.75) is 39.5 Å². The molecule has 86 valence electrons. The number of hydrogen-bond donors (Lipinski definition) is 2. The van der Waals surface area contributed by atoms with Gasteiger partial charge in [0.25, 0.3) is 0 Å². The number of rotatable bonds is 5. The second-order valence-corrected chi connectivity index (χ2v) is 5.52. The molecule has 0 saturated heterocycles. The zero-order valence-electron chi connectivity index (χ0n) is 9.81. The van der Waals surface area contributed by atoms with Crippen molar-refractivity contribution < 1.29 is 4.79 Å². The van der Waals surface area contributed by atoms with E-state index in [2.05, 4.69) is 24.5 Å². The normalized spacial score (nSPS) is 22.6. The molecule has 0 aliphatic heterocycles. The first-order chi connectivity index (χ1) is 7.12. The van der Waals surface area contributed by atoms with Gasteiger partial charge in [0.05, 0.1) is 0 Å². The Hall–Kier alpha value is -0.730. The van der Waals surface area contributed by atoms with E-state index in [0.717, 1.165) is 19.0 Å². The first-order valence-electron chi connectivity index (χ1n) is 6.14. The third-order valence-electron chi connectivity index (χ3n) is 3.97. The van der Waals surface area contributed by atoms with Crippen LogP contribution in [0, 0.1) is 17.3 Å². The zero-order chi connectivity index (χ0) is 10.9. The topological polar surface area (TPSA) is 41.1 Å². The summed E-state index contributed by atoms with van der Waals surface area (Å²) in [5.74, 6) is 1.44. The molecule has 2 amide bonds. The van der Waals surface area contributed by atoms with Gasteiger partial charge in [0.15, 0.2) is 0 Å². The van der Waals surface area contributed by atoms with Gasteiger partial charge in [-0.3, -0.25) is 0 Å². The van der Waals surface area contributed by atoms with Gasteiger partial charge in [-0.25, -0.2) is 4.79 Å². The molecule has 0 heterocycles. The molecule has 2 aliphatic carbocycles. The molecule has 2 aliphatic rings. The van der Waals surface area contributed by atoms with Crippen LogP contribution < -0.4 is 10.6 Å². The summed E-state index contributed by atoms with van der Waals surface area (Å²) in [6.07, 6.45) is 5.12. The van der Waals surface area contributed by atoms with Crippen molar-refractivity contribution in [3.05, 3.63) is 0 Å². The van der Waals surface area contributed by atoms with Gasteiger partial charge < -0.3 is 10.6 Å². The lowest BCUT2D eigenvalue weighted by Crippen LogP contribution is -2.40. The van der Waals surface area contributed by atoms with Gasteiger partial charge in [0, 0.05) is 13.1 Å². The Morgan fingerprint density at radius 2 is 2.00 bits per heavy atom. The Bertz CT molecular complexity index is 242. The minimum Gasteiger partial charge on any atom is -0.338 e. The monoisotopic (exact) mass is 210 g/mol. The van der Waals surface area contributed by atoms with E-state index >= 15 is 0 Å². The number of amides is 2. The maximum absolute atomic E-state index is 11.5. The highest BCUT2D eigenvalue weighted by Gasteiger charge is 2.45. The Kier molecular flexibility index (Phi) is 2.89. The summed E-state index contributed by atoms with van der Waals surface area (Å²) in [7, 11) is 0. The second kappa shape index (κ2) is 4.03. The lowest BCUT2D eigenvalue weighted by molar-refractivity contribution is 0.234. The van der Waals surface area contributed by atoms with Gasteiger partial charge in [0.2, 0.25) is 0 Å². The van der Waals surface area contributed by atoms with Crippen molar-refractivity contribution in [3.63, 3.8) is 0 Å². The van der Waals surface area contributed by atoms with Crippen molar-refractivity contribution in [2.75, 3.05) is 13.1 Å². The third-order valence-corrected chi connectivity index (χ3v) is 3.97. The summed E-state index contributed by atoms with van der Waals surface area (Å²) in [6.45, 7) is 6.20. The number of urea groups is 1. The standard InChI is InChI=1S/C12H22N2O/c1-9(2)12(5-6-12)8-14-11(15)13-7-10-3-4-10/h9-10H,3-8H2,1-2H3,(H2,13,14,15). The lowest BCUT2D eigenvalue weighted by atomic mass is 9.92. The number of hydrogen-bond acceptors (Lipinski definition) is 1. The van der Waals surface area contributed by atoms with Crippen molar-refractivity contribution >= 4 is 6.03 Å². The molecule has 0 unspecified atom stereocenters. The molecule has 0 aromatic carbocycles. The van der Waals surface area contributed by atoms with Gasteiger partial charge in [-0.2, -0.15) is 0 Å². The van der Waals surface area contributed by atoms with Crippen LogP contribution in [0.4, 0.5) is 4.79 Å². The highest BCUT2D eigenvalue weighted by molar-refractivity contribution is 5.73. The first kappa shape index (κ1) is 10.8. The third kappa shape index (κ3) is 2.86. The van der Waals surface area contributed by atoms with Crippen LogP contribution >= 0.6 is 0 Å². The lowest BCUT2D eigenvalue weighted by Gasteiger charge is -2.20. The Morgan fingerprint density at radius 3 is 2.47 bits per heavy atom. The maximum atomic E-state index is 11.5. The Morgan fingerprint density at radius 1 is 1.33 bits per heavy atom. The molecule has 0 bridgehead atoms. The summed E-state index contributed by atoms with van der Waals surface area (Å²) in [4.78, 5) is 11.5. The van der Waals surface area contributed by atoms with Gasteiger partial charge in [-0.05, 0) is 42.9 Å². The summed E-state index contributed by atoms with van der Waals surface area (Å²) < 4.78 is 0. The van der Waals surface area contributed by atoms with Crippen LogP contribution in [0.2, 0.25) is 0 Å². The Balaban J connectivity index is 1.62. The number of nitrogens with one attached hydrogen (secondary N) is 2. The quantitative estimate of drug-likeness (QED) is 0.717. The molecule has 3 nitrogen and oxygen atoms in total. The van der Waals surface area contributed by atoms with Gasteiger partial charge in [0.1, 0.15) is 0 Å². The van der Waals surface area contributed by atoms with Crippen molar-refractivity contribution in [2.24, 2.45) is 17.3 Å². The summed E-state index contributed by atoms with van der Waals surface area (Å²) in [5.41, 5.74) is 0.414. The molecule has 0 radical (unpaired) electrons. The van der Waals surface area contributed by atoms with E-state index in [-0.39, 0.29) is 6.03 Å². The fraction of sp³-hybridized carbons (Fsp3) is 0.917. The van der Waals surface area contributed by atoms with Crippen LogP contribution in [0.25, 0.3) is 0 Å². The molecular formula is C12H22N2O. The van der Waals surface area contributed by atoms with Crippen molar-refractivity contribution in [3.8, 4) is 0 Å². The predicted molar refractivity (Wildman–Crippen MR) is 60.6 cm³/mol. The van der Waals surface area contributed by atoms with Crippen LogP contribution in [-0.2, 0) is 0 Å². The maximum Gasteiger partial charge on any atom is 0.314 e. The first-order valence-corrected chi connectivity index (χ1v) is 6.14. The minimum atomic E-state index is 0.0221. The second-order valence-electron chi connectivity index (χ2n) is 5.52. The predicted octanol–water partition coefficient (Wildman–Crippen LogP) is 2.13. The minimum absolute atomic E-state index is 0.0221. The van der Waals surface area contributed by atoms with Crippen LogP contribution in [0.1, 0.15) is 39.5 Å². The molecule has 2 N–H and O–H groups in total. The molecule has 2 saturated carbocycles. The van der Waals surface area contributed by atoms with E-state index in [1.807, 2.05) is 0 Å². The van der Waals surface area contributed by atoms with Crippen LogP contribution in [-0.4, -0.2) is 19.1 Å². The molecule has 15 heavy (non-hydrogen) atoms. The van der Waals surface area contributed by atoms with Gasteiger partial charge >= 0.3 is 6.03 Å². The molecule has 0 atom stereocenters. The Labute approximate surface area is 92.0 Å². The fourth-order valence-electron chi connectivity index (χ4n) is 2.00. The average Bonchev–Trinajstić information content (AvgIpc) is 3.05. The molecule has 0 aromatic rings. The molecular weight excluding hydrogens is 188 g/mol. The van der Waals surface area contributed by atoms with Crippen molar-refractivity contribution in [1.82, 2.24) is 10.6 Å². The summed E-state index contributed by atoms with van der Waals surface area (Å²) in [5, 5.41) is 5.93. The molecule has 2 fully saturated rings. The van der Waals surface area contributed by atoms with Gasteiger partial charge in [-0.1, -0.05) is 13.8 Å². The number of carbonyl (C=O) groups excluding carboxylic acids is 1. The van der Waals surface area contributed by atoms with E-state index in [0.29, 0.717) is 11.3 Å². The van der Waals surface area contributed by atoms with E-state index in [4.69, 9.17) is 0 Å². The molecule has 3 heteroatoms. The molecule has 0 aromatic heterocycles. The van der Waals surface area contributed by atoms with Gasteiger partial charge in [-0.15, -0.1) is 0 Å². The largest absolute Gasteiger partial charge is 0.338 e. The van der Waals surface area contributed by atoms with Crippen LogP contribution in [0.5, 0.6) is 0 Å². The van der Waals surface area contributed by atoms with E-state index in [9.17, 15) is 4.79 Å². The smallest absolute Gasteiger partial charge is 0.314 e. The van der Waals surface area contributed by atoms with E-state index < -0.39 is 0 Å². The van der Waals surface area contributed by atoms with Crippen LogP contribution in [0.3, 0.4) is 0 Å². The van der Waals surface area contributed by atoms with E-state index in [1.165, 1.54) is 25.7 Å². The summed E-state index contributed by atoms with van der Waals surface area (Å²) >= 11 is 0. The van der Waals surface area contributed by atoms with E-state index in [1.54, 1.807) is 0 Å². The summed E-state index contributed by atoms with van der Waals surface area (Å²) in [6, 6.07) is 0.0221. The SMILES string of the molecule is CC(C)C1(CNC(=O)NCC2CC2)CC1. The highest BCUT2D eigenvalue weighted by atomic mass is 16.2. The number of carbonyl (C=O) groups is 1. The molecule has 2 rings (SSSR count). The van der Waals surface area contributed by atoms with Crippen molar-refractivity contribution in [1.29, 1.82) is 0 Å². The zero-order valence-corrected chi connectivity index (χ0v) is 9.81. The fourth-order valence-corrected chi connectivity index (χ4v) is 2.00. The van der Waals surface area contributed by atoms with Crippen LogP contribution in [0.15, 0.2) is 0 Å².